The number of aromatic nitrogens is 3. The van der Waals surface area contributed by atoms with Gasteiger partial charge in [-0.2, -0.15) is 0 Å². The summed E-state index contributed by atoms with van der Waals surface area (Å²) in [6, 6.07) is 4.99. The van der Waals surface area contributed by atoms with E-state index in [0.717, 1.165) is 0 Å². The Hall–Kier alpha value is -2.22. The molecule has 7 nitrogen and oxygen atoms in total. The maximum atomic E-state index is 11.9. The molecule has 1 heterocycles. The number of nitrogen functional groups attached to an aromatic ring is 2. The molecule has 0 fully saturated rings. The van der Waals surface area contributed by atoms with Crippen molar-refractivity contribution in [1.29, 1.82) is 0 Å². The van der Waals surface area contributed by atoms with Gasteiger partial charge in [-0.25, -0.2) is 9.47 Å². The largest absolute Gasteiger partial charge is 0.462 e. The van der Waals surface area contributed by atoms with Crippen LogP contribution in [0.5, 0.6) is 0 Å². The lowest BCUT2D eigenvalue weighted by Crippen LogP contribution is -2.09. The minimum Gasteiger partial charge on any atom is -0.462 e. The fraction of sp³-hybridized carbons (Fsp3) is 0.182. The molecule has 100 valence electrons. The second-order valence-corrected chi connectivity index (χ2v) is 4.61. The highest BCUT2D eigenvalue weighted by atomic mass is 32.2. The summed E-state index contributed by atoms with van der Waals surface area (Å²) in [7, 11) is 0. The predicted octanol–water partition coefficient (Wildman–Crippen LogP) is 0.902. The standard InChI is InChI=1S/C11H13N5O2S/c1-2-18-10(17)8-5-7(12)3-4-9(8)19-11-15-14-6-16(11)13/h3-6H,2,12-13H2,1H3. The first-order valence-corrected chi connectivity index (χ1v) is 6.33. The third-order valence-electron chi connectivity index (χ3n) is 2.24. The van der Waals surface area contributed by atoms with Crippen molar-refractivity contribution in [2.75, 3.05) is 18.2 Å². The number of nitrogens with two attached hydrogens (primary N) is 2. The first kappa shape index (κ1) is 13.2. The van der Waals surface area contributed by atoms with Crippen LogP contribution < -0.4 is 11.6 Å². The maximum Gasteiger partial charge on any atom is 0.339 e. The molecule has 0 aliphatic heterocycles. The van der Waals surface area contributed by atoms with Crippen LogP contribution in [0.4, 0.5) is 5.69 Å². The molecule has 0 saturated heterocycles. The van der Waals surface area contributed by atoms with Crippen molar-refractivity contribution >= 4 is 23.4 Å². The third-order valence-corrected chi connectivity index (χ3v) is 3.29. The molecule has 4 N–H and O–H groups in total. The van der Waals surface area contributed by atoms with Crippen LogP contribution in [0.3, 0.4) is 0 Å². The lowest BCUT2D eigenvalue weighted by atomic mass is 10.2. The van der Waals surface area contributed by atoms with E-state index < -0.39 is 5.97 Å². The van der Waals surface area contributed by atoms with Crippen LogP contribution >= 0.6 is 11.8 Å². The summed E-state index contributed by atoms with van der Waals surface area (Å²) < 4.78 is 6.26. The number of esters is 1. The normalized spacial score (nSPS) is 10.4. The Bertz CT molecular complexity index is 599. The number of nitrogens with zero attached hydrogens (tertiary/aromatic N) is 3. The van der Waals surface area contributed by atoms with Crippen LogP contribution in [0, 0.1) is 0 Å². The second-order valence-electron chi connectivity index (χ2n) is 3.60. The van der Waals surface area contributed by atoms with Crippen LogP contribution in [0.2, 0.25) is 0 Å². The number of hydrogen-bond acceptors (Lipinski definition) is 7. The lowest BCUT2D eigenvalue weighted by Gasteiger charge is -2.08. The quantitative estimate of drug-likeness (QED) is 0.486. The van der Waals surface area contributed by atoms with E-state index in [0.29, 0.717) is 27.9 Å². The summed E-state index contributed by atoms with van der Waals surface area (Å²) in [5.41, 5.74) is 6.56. The monoisotopic (exact) mass is 279 g/mol. The van der Waals surface area contributed by atoms with Crippen molar-refractivity contribution in [3.8, 4) is 0 Å². The molecular formula is C11H13N5O2S. The van der Waals surface area contributed by atoms with E-state index in [1.54, 1.807) is 25.1 Å². The van der Waals surface area contributed by atoms with Gasteiger partial charge in [-0.05, 0) is 36.9 Å². The van der Waals surface area contributed by atoms with Crippen LogP contribution in [0.25, 0.3) is 0 Å². The molecule has 0 saturated carbocycles. The summed E-state index contributed by atoms with van der Waals surface area (Å²) in [5, 5.41) is 7.99. The Balaban J connectivity index is 2.34. The van der Waals surface area contributed by atoms with E-state index in [9.17, 15) is 4.79 Å². The lowest BCUT2D eigenvalue weighted by molar-refractivity contribution is 0.0522. The highest BCUT2D eigenvalue weighted by Gasteiger charge is 2.16. The molecule has 0 amide bonds. The number of carbonyl (C=O) groups excluding carboxylic acids is 1. The number of carbonyl (C=O) groups is 1. The van der Waals surface area contributed by atoms with Crippen LogP contribution in [0.1, 0.15) is 17.3 Å². The van der Waals surface area contributed by atoms with Crippen molar-refractivity contribution in [1.82, 2.24) is 14.9 Å². The minimum absolute atomic E-state index is 0.296. The van der Waals surface area contributed by atoms with Gasteiger partial charge in [-0.1, -0.05) is 0 Å². The van der Waals surface area contributed by atoms with Gasteiger partial charge in [-0.3, -0.25) is 0 Å². The molecule has 0 spiro atoms. The summed E-state index contributed by atoms with van der Waals surface area (Å²) in [6.45, 7) is 2.04. The Morgan fingerprint density at radius 1 is 1.53 bits per heavy atom. The number of benzene rings is 1. The van der Waals surface area contributed by atoms with Crippen molar-refractivity contribution in [3.63, 3.8) is 0 Å². The topological polar surface area (TPSA) is 109 Å². The molecule has 1 aromatic heterocycles. The van der Waals surface area contributed by atoms with E-state index in [-0.39, 0.29) is 0 Å². The first-order chi connectivity index (χ1) is 9.11. The van der Waals surface area contributed by atoms with Crippen LogP contribution in [0.15, 0.2) is 34.6 Å². The zero-order valence-electron chi connectivity index (χ0n) is 10.2. The Morgan fingerprint density at radius 2 is 2.32 bits per heavy atom. The first-order valence-electron chi connectivity index (χ1n) is 5.51. The van der Waals surface area contributed by atoms with Gasteiger partial charge >= 0.3 is 5.97 Å². The molecule has 0 aliphatic rings. The molecule has 0 aliphatic carbocycles. The van der Waals surface area contributed by atoms with Crippen molar-refractivity contribution < 1.29 is 9.53 Å². The average Bonchev–Trinajstić information content (AvgIpc) is 2.77. The van der Waals surface area contributed by atoms with Gasteiger partial charge in [0.05, 0.1) is 12.2 Å². The molecule has 8 heteroatoms. The fourth-order valence-electron chi connectivity index (χ4n) is 1.41. The third kappa shape index (κ3) is 2.97. The summed E-state index contributed by atoms with van der Waals surface area (Å²) in [4.78, 5) is 12.5. The highest BCUT2D eigenvalue weighted by Crippen LogP contribution is 2.30. The average molecular weight is 279 g/mol. The van der Waals surface area contributed by atoms with E-state index in [1.165, 1.54) is 22.8 Å². The molecule has 2 aromatic rings. The number of ether oxygens (including phenoxy) is 1. The molecular weight excluding hydrogens is 266 g/mol. The maximum absolute atomic E-state index is 11.9. The van der Waals surface area contributed by atoms with E-state index in [4.69, 9.17) is 16.3 Å². The zero-order valence-corrected chi connectivity index (χ0v) is 11.1. The van der Waals surface area contributed by atoms with Gasteiger partial charge in [-0.15, -0.1) is 10.2 Å². The SMILES string of the molecule is CCOC(=O)c1cc(N)ccc1Sc1nncn1N. The molecule has 0 atom stereocenters. The molecule has 2 rings (SSSR count). The van der Waals surface area contributed by atoms with E-state index >= 15 is 0 Å². The van der Waals surface area contributed by atoms with Gasteiger partial charge in [0.1, 0.15) is 6.33 Å². The molecule has 19 heavy (non-hydrogen) atoms. The van der Waals surface area contributed by atoms with Crippen molar-refractivity contribution in [3.05, 3.63) is 30.1 Å². The smallest absolute Gasteiger partial charge is 0.339 e. The minimum atomic E-state index is -0.430. The Morgan fingerprint density at radius 3 is 2.95 bits per heavy atom. The van der Waals surface area contributed by atoms with Crippen LogP contribution in [-0.4, -0.2) is 27.4 Å². The molecule has 1 aromatic carbocycles. The number of anilines is 1. The summed E-state index contributed by atoms with van der Waals surface area (Å²) in [6.07, 6.45) is 1.38. The highest BCUT2D eigenvalue weighted by molar-refractivity contribution is 7.99. The van der Waals surface area contributed by atoms with Gasteiger partial charge in [0.25, 0.3) is 0 Å². The summed E-state index contributed by atoms with van der Waals surface area (Å²) >= 11 is 1.22. The zero-order chi connectivity index (χ0) is 13.8. The van der Waals surface area contributed by atoms with Gasteiger partial charge in [0.2, 0.25) is 5.16 Å². The molecule has 0 radical (unpaired) electrons. The Kier molecular flexibility index (Phi) is 3.91. The van der Waals surface area contributed by atoms with Gasteiger partial charge in [0.15, 0.2) is 0 Å². The van der Waals surface area contributed by atoms with Crippen molar-refractivity contribution in [2.24, 2.45) is 0 Å². The Labute approximate surface area is 113 Å². The molecule has 0 bridgehead atoms. The number of hydrogen-bond donors (Lipinski definition) is 2. The van der Waals surface area contributed by atoms with Gasteiger partial charge < -0.3 is 16.3 Å². The van der Waals surface area contributed by atoms with Crippen LogP contribution in [-0.2, 0) is 4.74 Å². The fourth-order valence-corrected chi connectivity index (χ4v) is 2.23. The summed E-state index contributed by atoms with van der Waals surface area (Å²) in [5.74, 6) is 5.20. The van der Waals surface area contributed by atoms with E-state index in [2.05, 4.69) is 10.2 Å². The van der Waals surface area contributed by atoms with Gasteiger partial charge in [0, 0.05) is 10.6 Å². The molecule has 0 unspecified atom stereocenters. The number of rotatable bonds is 4. The van der Waals surface area contributed by atoms with E-state index in [1.807, 2.05) is 0 Å². The predicted molar refractivity (Wildman–Crippen MR) is 71.1 cm³/mol. The van der Waals surface area contributed by atoms with Crippen molar-refractivity contribution in [2.45, 2.75) is 17.0 Å². The second kappa shape index (κ2) is 5.61.